The smallest absolute Gasteiger partial charge is 0.321 e. The first-order valence-corrected chi connectivity index (χ1v) is 10.3. The Labute approximate surface area is 167 Å². The molecule has 1 saturated carbocycles. The monoisotopic (exact) mass is 404 g/mol. The lowest BCUT2D eigenvalue weighted by atomic mass is 10.2. The number of halogens is 1. The lowest BCUT2D eigenvalue weighted by Crippen LogP contribution is -2.51. The number of urea groups is 1. The van der Waals surface area contributed by atoms with Gasteiger partial charge in [0.1, 0.15) is 4.88 Å². The highest BCUT2D eigenvalue weighted by atomic mass is 35.5. The molecule has 1 aromatic heterocycles. The van der Waals surface area contributed by atoms with E-state index in [9.17, 15) is 9.59 Å². The quantitative estimate of drug-likeness (QED) is 0.841. The van der Waals surface area contributed by atoms with E-state index >= 15 is 0 Å². The van der Waals surface area contributed by atoms with Crippen LogP contribution in [0.5, 0.6) is 0 Å². The molecule has 0 bridgehead atoms. The van der Waals surface area contributed by atoms with Crippen LogP contribution >= 0.6 is 22.9 Å². The third-order valence-electron chi connectivity index (χ3n) is 4.94. The predicted molar refractivity (Wildman–Crippen MR) is 107 cm³/mol. The number of nitrogens with one attached hydrogen (secondary N) is 1. The molecular formula is C19H21ClN4O2S. The first-order valence-electron chi connectivity index (χ1n) is 9.08. The molecule has 2 heterocycles. The van der Waals surface area contributed by atoms with Crippen LogP contribution in [0.15, 0.2) is 24.4 Å². The van der Waals surface area contributed by atoms with Gasteiger partial charge in [-0.25, -0.2) is 9.78 Å². The fraction of sp³-hybridized carbons (Fsp3) is 0.421. The summed E-state index contributed by atoms with van der Waals surface area (Å²) in [7, 11) is 0. The minimum absolute atomic E-state index is 0.0183. The van der Waals surface area contributed by atoms with Gasteiger partial charge < -0.3 is 15.1 Å². The molecule has 4 rings (SSSR count). The number of piperazine rings is 1. The van der Waals surface area contributed by atoms with E-state index in [1.165, 1.54) is 24.2 Å². The maximum atomic E-state index is 12.7. The fourth-order valence-corrected chi connectivity index (χ4v) is 4.28. The van der Waals surface area contributed by atoms with Gasteiger partial charge in [-0.1, -0.05) is 17.7 Å². The molecule has 27 heavy (non-hydrogen) atoms. The molecule has 2 aliphatic rings. The Balaban J connectivity index is 1.31. The molecule has 1 N–H and O–H groups in total. The van der Waals surface area contributed by atoms with Crippen LogP contribution in [-0.2, 0) is 0 Å². The number of hydrogen-bond acceptors (Lipinski definition) is 4. The minimum Gasteiger partial charge on any atom is -0.334 e. The van der Waals surface area contributed by atoms with Crippen molar-refractivity contribution in [2.75, 3.05) is 31.5 Å². The second kappa shape index (κ2) is 7.48. The van der Waals surface area contributed by atoms with Crippen LogP contribution in [0.2, 0.25) is 5.02 Å². The average Bonchev–Trinajstić information content (AvgIpc) is 3.41. The predicted octanol–water partition coefficient (Wildman–Crippen LogP) is 3.97. The van der Waals surface area contributed by atoms with Crippen LogP contribution in [0.4, 0.5) is 10.5 Å². The van der Waals surface area contributed by atoms with Crippen molar-refractivity contribution in [2.45, 2.75) is 25.7 Å². The average molecular weight is 405 g/mol. The van der Waals surface area contributed by atoms with Crippen molar-refractivity contribution in [3.63, 3.8) is 0 Å². The Hall–Kier alpha value is -2.12. The van der Waals surface area contributed by atoms with Crippen LogP contribution in [0.1, 0.15) is 39.0 Å². The summed E-state index contributed by atoms with van der Waals surface area (Å²) in [4.78, 5) is 33.7. The maximum Gasteiger partial charge on any atom is 0.321 e. The third kappa shape index (κ3) is 4.09. The van der Waals surface area contributed by atoms with E-state index < -0.39 is 0 Å². The molecule has 1 aliphatic carbocycles. The van der Waals surface area contributed by atoms with Gasteiger partial charge in [0.25, 0.3) is 5.91 Å². The summed E-state index contributed by atoms with van der Waals surface area (Å²) in [6.45, 7) is 3.98. The van der Waals surface area contributed by atoms with Gasteiger partial charge in [0, 0.05) is 42.8 Å². The molecule has 1 aliphatic heterocycles. The topological polar surface area (TPSA) is 65.5 Å². The summed E-state index contributed by atoms with van der Waals surface area (Å²) in [5.41, 5.74) is 1.64. The summed E-state index contributed by atoms with van der Waals surface area (Å²) < 4.78 is 0. The molecule has 0 radical (unpaired) electrons. The van der Waals surface area contributed by atoms with Crippen molar-refractivity contribution < 1.29 is 9.59 Å². The van der Waals surface area contributed by atoms with E-state index in [2.05, 4.69) is 10.3 Å². The van der Waals surface area contributed by atoms with Crippen LogP contribution in [-0.4, -0.2) is 52.9 Å². The van der Waals surface area contributed by atoms with Gasteiger partial charge in [0.05, 0.1) is 11.2 Å². The second-order valence-corrected chi connectivity index (χ2v) is 8.48. The number of benzene rings is 1. The maximum absolute atomic E-state index is 12.7. The van der Waals surface area contributed by atoms with Crippen molar-refractivity contribution >= 4 is 40.6 Å². The van der Waals surface area contributed by atoms with E-state index in [1.54, 1.807) is 22.1 Å². The number of carbonyl (C=O) groups excluding carboxylic acids is 2. The first kappa shape index (κ1) is 18.3. The Morgan fingerprint density at radius 1 is 1.19 bits per heavy atom. The normalized spacial score (nSPS) is 17.1. The van der Waals surface area contributed by atoms with Gasteiger partial charge in [-0.05, 0) is 37.5 Å². The summed E-state index contributed by atoms with van der Waals surface area (Å²) in [6, 6.07) is 5.28. The fourth-order valence-electron chi connectivity index (χ4n) is 3.05. The second-order valence-electron chi connectivity index (χ2n) is 7.01. The molecular weight excluding hydrogens is 384 g/mol. The van der Waals surface area contributed by atoms with Gasteiger partial charge in [0.2, 0.25) is 0 Å². The molecule has 3 amide bonds. The first-order chi connectivity index (χ1) is 13.0. The van der Waals surface area contributed by atoms with Crippen LogP contribution < -0.4 is 5.32 Å². The van der Waals surface area contributed by atoms with E-state index in [-0.39, 0.29) is 11.9 Å². The zero-order valence-corrected chi connectivity index (χ0v) is 16.6. The van der Waals surface area contributed by atoms with E-state index in [0.717, 1.165) is 10.6 Å². The van der Waals surface area contributed by atoms with Crippen molar-refractivity contribution in [2.24, 2.45) is 0 Å². The summed E-state index contributed by atoms with van der Waals surface area (Å²) in [5.74, 6) is 0.581. The minimum atomic E-state index is -0.171. The molecule has 1 saturated heterocycles. The van der Waals surface area contributed by atoms with Crippen molar-refractivity contribution in [1.29, 1.82) is 0 Å². The summed E-state index contributed by atoms with van der Waals surface area (Å²) in [6.07, 6.45) is 4.06. The van der Waals surface area contributed by atoms with E-state index in [0.29, 0.717) is 47.7 Å². The molecule has 6 nitrogen and oxygen atoms in total. The highest BCUT2D eigenvalue weighted by molar-refractivity contribution is 7.13. The third-order valence-corrected chi connectivity index (χ3v) is 6.49. The molecule has 2 aromatic rings. The lowest BCUT2D eigenvalue weighted by molar-refractivity contribution is 0.0676. The molecule has 0 atom stereocenters. The number of aromatic nitrogens is 1. The number of nitrogens with zero attached hydrogens (tertiary/aromatic N) is 3. The Morgan fingerprint density at radius 2 is 1.89 bits per heavy atom. The standard InChI is InChI=1S/C19H21ClN4O2S/c1-12-2-5-14(10-15(12)20)22-19(26)24-8-6-23(7-9-24)18(25)16-11-21-17(27-16)13-3-4-13/h2,5,10-11,13H,3-4,6-9H2,1H3,(H,22,26). The molecule has 1 aromatic carbocycles. The van der Waals surface area contributed by atoms with Crippen molar-refractivity contribution in [1.82, 2.24) is 14.8 Å². The van der Waals surface area contributed by atoms with Gasteiger partial charge >= 0.3 is 6.03 Å². The largest absolute Gasteiger partial charge is 0.334 e. The molecule has 8 heteroatoms. The lowest BCUT2D eigenvalue weighted by Gasteiger charge is -2.34. The van der Waals surface area contributed by atoms with Gasteiger partial charge in [-0.2, -0.15) is 0 Å². The van der Waals surface area contributed by atoms with Crippen molar-refractivity contribution in [3.8, 4) is 0 Å². The number of aryl methyl sites for hydroxylation is 1. The number of carbonyl (C=O) groups is 2. The van der Waals surface area contributed by atoms with Crippen molar-refractivity contribution in [3.05, 3.63) is 44.9 Å². The zero-order chi connectivity index (χ0) is 19.0. The summed E-state index contributed by atoms with van der Waals surface area (Å²) in [5, 5.41) is 4.57. The van der Waals surface area contributed by atoms with Gasteiger partial charge in [0.15, 0.2) is 0 Å². The summed E-state index contributed by atoms with van der Waals surface area (Å²) >= 11 is 7.62. The van der Waals surface area contributed by atoms with E-state index in [1.807, 2.05) is 19.1 Å². The number of amides is 3. The number of rotatable bonds is 3. The SMILES string of the molecule is Cc1ccc(NC(=O)N2CCN(C(=O)c3cnc(C4CC4)s3)CC2)cc1Cl. The van der Waals surface area contributed by atoms with Gasteiger partial charge in [-0.15, -0.1) is 11.3 Å². The van der Waals surface area contributed by atoms with Gasteiger partial charge in [-0.3, -0.25) is 4.79 Å². The Bertz CT molecular complexity index is 872. The zero-order valence-electron chi connectivity index (χ0n) is 15.1. The van der Waals surface area contributed by atoms with Crippen LogP contribution in [0.25, 0.3) is 0 Å². The molecule has 0 spiro atoms. The number of hydrogen-bond donors (Lipinski definition) is 1. The number of thiazole rings is 1. The number of anilines is 1. The Kier molecular flexibility index (Phi) is 5.06. The highest BCUT2D eigenvalue weighted by Crippen LogP contribution is 2.41. The molecule has 0 unspecified atom stereocenters. The van der Waals surface area contributed by atoms with Crippen LogP contribution in [0.3, 0.4) is 0 Å². The molecule has 2 fully saturated rings. The highest BCUT2D eigenvalue weighted by Gasteiger charge is 2.30. The molecule has 142 valence electrons. The van der Waals surface area contributed by atoms with E-state index in [4.69, 9.17) is 11.6 Å². The van der Waals surface area contributed by atoms with Crippen LogP contribution in [0, 0.1) is 6.92 Å². The Morgan fingerprint density at radius 3 is 2.56 bits per heavy atom.